The minimum Gasteiger partial charge on any atom is -0.497 e. The molecule has 0 saturated carbocycles. The Hall–Kier alpha value is -2.86. The van der Waals surface area contributed by atoms with Gasteiger partial charge in [-0.1, -0.05) is 11.6 Å². The Kier molecular flexibility index (Phi) is 4.22. The zero-order valence-electron chi connectivity index (χ0n) is 13.0. The topological polar surface area (TPSA) is 72.7 Å². The van der Waals surface area contributed by atoms with Crippen molar-refractivity contribution in [2.45, 2.75) is 6.92 Å². The van der Waals surface area contributed by atoms with Crippen molar-refractivity contribution in [3.05, 3.63) is 69.2 Å². The molecule has 1 amide bonds. The molecule has 0 spiro atoms. The van der Waals surface area contributed by atoms with Crippen LogP contribution in [0.2, 0.25) is 5.02 Å². The van der Waals surface area contributed by atoms with Gasteiger partial charge in [0.1, 0.15) is 17.0 Å². The molecule has 3 aromatic rings. The van der Waals surface area contributed by atoms with E-state index in [9.17, 15) is 9.59 Å². The molecule has 0 atom stereocenters. The van der Waals surface area contributed by atoms with Crippen molar-refractivity contribution < 1.29 is 9.53 Å². The molecule has 0 aliphatic heterocycles. The molecule has 0 unspecified atom stereocenters. The fourth-order valence-corrected chi connectivity index (χ4v) is 2.46. The molecule has 7 heteroatoms. The van der Waals surface area contributed by atoms with Gasteiger partial charge in [-0.2, -0.15) is 0 Å². The van der Waals surface area contributed by atoms with E-state index in [4.69, 9.17) is 16.3 Å². The van der Waals surface area contributed by atoms with E-state index in [1.54, 1.807) is 36.5 Å². The maximum Gasteiger partial charge on any atom is 0.270 e. The third-order valence-corrected chi connectivity index (χ3v) is 3.85. The van der Waals surface area contributed by atoms with Crippen LogP contribution in [0.4, 0.5) is 5.69 Å². The minimum absolute atomic E-state index is 0.0664. The highest BCUT2D eigenvalue weighted by molar-refractivity contribution is 6.34. The average Bonchev–Trinajstić information content (AvgIpc) is 2.56. The number of pyridine rings is 1. The summed E-state index contributed by atoms with van der Waals surface area (Å²) in [5.74, 6) is -0.00430. The fourth-order valence-electron chi connectivity index (χ4n) is 2.25. The number of aryl methyl sites for hydroxylation is 1. The number of carbonyl (C=O) groups is 1. The van der Waals surface area contributed by atoms with Gasteiger partial charge >= 0.3 is 0 Å². The monoisotopic (exact) mass is 343 g/mol. The van der Waals surface area contributed by atoms with Crippen LogP contribution in [0.5, 0.6) is 5.75 Å². The normalized spacial score (nSPS) is 10.6. The molecule has 2 aromatic heterocycles. The van der Waals surface area contributed by atoms with Crippen LogP contribution in [-0.2, 0) is 0 Å². The average molecular weight is 344 g/mol. The molecule has 0 saturated heterocycles. The lowest BCUT2D eigenvalue weighted by Crippen LogP contribution is -2.26. The van der Waals surface area contributed by atoms with E-state index >= 15 is 0 Å². The van der Waals surface area contributed by atoms with Crippen LogP contribution in [0, 0.1) is 6.92 Å². The second-order valence-corrected chi connectivity index (χ2v) is 5.62. The number of methoxy groups -OCH3 is 1. The lowest BCUT2D eigenvalue weighted by Gasteiger charge is -2.09. The molecule has 122 valence electrons. The SMILES string of the molecule is COc1ccc(NC(=O)c2cnc3cc(C)ccn3c2=O)c(Cl)c1. The smallest absolute Gasteiger partial charge is 0.270 e. The summed E-state index contributed by atoms with van der Waals surface area (Å²) in [4.78, 5) is 29.0. The summed E-state index contributed by atoms with van der Waals surface area (Å²) in [7, 11) is 1.52. The molecule has 0 fully saturated rings. The Balaban J connectivity index is 1.96. The van der Waals surface area contributed by atoms with Crippen LogP contribution in [-0.4, -0.2) is 22.4 Å². The van der Waals surface area contributed by atoms with Crippen molar-refractivity contribution in [2.75, 3.05) is 12.4 Å². The first kappa shape index (κ1) is 16.0. The van der Waals surface area contributed by atoms with E-state index < -0.39 is 11.5 Å². The fraction of sp³-hybridized carbons (Fsp3) is 0.118. The molecule has 0 bridgehead atoms. The molecular weight excluding hydrogens is 330 g/mol. The van der Waals surface area contributed by atoms with Gasteiger partial charge in [-0.25, -0.2) is 4.98 Å². The lowest BCUT2D eigenvalue weighted by atomic mass is 10.2. The molecule has 0 aliphatic rings. The number of nitrogens with zero attached hydrogens (tertiary/aromatic N) is 2. The number of aromatic nitrogens is 2. The van der Waals surface area contributed by atoms with Crippen molar-refractivity contribution in [1.29, 1.82) is 0 Å². The van der Waals surface area contributed by atoms with Crippen LogP contribution in [0.3, 0.4) is 0 Å². The second kappa shape index (κ2) is 6.33. The van der Waals surface area contributed by atoms with Crippen LogP contribution in [0.25, 0.3) is 5.65 Å². The molecule has 1 N–H and O–H groups in total. The summed E-state index contributed by atoms with van der Waals surface area (Å²) < 4.78 is 6.39. The van der Waals surface area contributed by atoms with E-state index in [1.165, 1.54) is 17.7 Å². The number of rotatable bonds is 3. The Labute approximate surface area is 142 Å². The maximum absolute atomic E-state index is 12.5. The van der Waals surface area contributed by atoms with Crippen LogP contribution < -0.4 is 15.6 Å². The standard InChI is InChI=1S/C17H14ClN3O3/c1-10-5-6-21-15(7-10)19-9-12(17(21)23)16(22)20-14-4-3-11(24-2)8-13(14)18/h3-9H,1-2H3,(H,20,22). The number of anilines is 1. The largest absolute Gasteiger partial charge is 0.497 e. The second-order valence-electron chi connectivity index (χ2n) is 5.21. The highest BCUT2D eigenvalue weighted by atomic mass is 35.5. The summed E-state index contributed by atoms with van der Waals surface area (Å²) in [6.45, 7) is 1.90. The predicted molar refractivity (Wildman–Crippen MR) is 92.2 cm³/mol. The summed E-state index contributed by atoms with van der Waals surface area (Å²) in [5.41, 5.74) is 1.34. The van der Waals surface area contributed by atoms with E-state index in [1.807, 2.05) is 6.92 Å². The van der Waals surface area contributed by atoms with Gasteiger partial charge in [0, 0.05) is 18.5 Å². The van der Waals surface area contributed by atoms with Gasteiger partial charge in [0.15, 0.2) is 0 Å². The number of hydrogen-bond acceptors (Lipinski definition) is 4. The van der Waals surface area contributed by atoms with Crippen molar-refractivity contribution in [3.8, 4) is 5.75 Å². The number of benzene rings is 1. The van der Waals surface area contributed by atoms with Crippen molar-refractivity contribution in [2.24, 2.45) is 0 Å². The minimum atomic E-state index is -0.574. The zero-order chi connectivity index (χ0) is 17.3. The summed E-state index contributed by atoms with van der Waals surface area (Å²) in [5, 5.41) is 2.93. The first-order valence-corrected chi connectivity index (χ1v) is 7.50. The third-order valence-electron chi connectivity index (χ3n) is 3.53. The van der Waals surface area contributed by atoms with Gasteiger partial charge in [-0.15, -0.1) is 0 Å². The first-order chi connectivity index (χ1) is 11.5. The molecule has 3 rings (SSSR count). The Morgan fingerprint density at radius 1 is 1.29 bits per heavy atom. The zero-order valence-corrected chi connectivity index (χ0v) is 13.8. The maximum atomic E-state index is 12.5. The van der Waals surface area contributed by atoms with Gasteiger partial charge in [0.2, 0.25) is 0 Å². The Morgan fingerprint density at radius 3 is 2.79 bits per heavy atom. The van der Waals surface area contributed by atoms with Crippen molar-refractivity contribution in [3.63, 3.8) is 0 Å². The molecular formula is C17H14ClN3O3. The van der Waals surface area contributed by atoms with Gasteiger partial charge in [-0.3, -0.25) is 14.0 Å². The molecule has 0 aliphatic carbocycles. The highest BCUT2D eigenvalue weighted by Gasteiger charge is 2.15. The lowest BCUT2D eigenvalue weighted by molar-refractivity contribution is 0.102. The van der Waals surface area contributed by atoms with Crippen LogP contribution in [0.1, 0.15) is 15.9 Å². The number of hydrogen-bond donors (Lipinski definition) is 1. The first-order valence-electron chi connectivity index (χ1n) is 7.12. The van der Waals surface area contributed by atoms with E-state index in [0.717, 1.165) is 5.56 Å². The van der Waals surface area contributed by atoms with Crippen molar-refractivity contribution in [1.82, 2.24) is 9.38 Å². The highest BCUT2D eigenvalue weighted by Crippen LogP contribution is 2.26. The number of carbonyl (C=O) groups excluding carboxylic acids is 1. The summed E-state index contributed by atoms with van der Waals surface area (Å²) >= 11 is 6.10. The van der Waals surface area contributed by atoms with Gasteiger partial charge < -0.3 is 10.1 Å². The van der Waals surface area contributed by atoms with Crippen molar-refractivity contribution >= 4 is 28.8 Å². The van der Waals surface area contributed by atoms with E-state index in [-0.39, 0.29) is 5.56 Å². The number of nitrogens with one attached hydrogen (secondary N) is 1. The van der Waals surface area contributed by atoms with Crippen LogP contribution >= 0.6 is 11.6 Å². The van der Waals surface area contributed by atoms with Gasteiger partial charge in [0.25, 0.3) is 11.5 Å². The number of amides is 1. The summed E-state index contributed by atoms with van der Waals surface area (Å²) in [6, 6.07) is 8.39. The summed E-state index contributed by atoms with van der Waals surface area (Å²) in [6.07, 6.45) is 2.86. The molecule has 24 heavy (non-hydrogen) atoms. The number of ether oxygens (including phenoxy) is 1. The third kappa shape index (κ3) is 2.96. The molecule has 2 heterocycles. The van der Waals surface area contributed by atoms with E-state index in [2.05, 4.69) is 10.3 Å². The molecule has 6 nitrogen and oxygen atoms in total. The Bertz CT molecular complexity index is 998. The predicted octanol–water partition coefficient (Wildman–Crippen LogP) is 2.92. The van der Waals surface area contributed by atoms with Gasteiger partial charge in [-0.05, 0) is 36.8 Å². The van der Waals surface area contributed by atoms with Gasteiger partial charge in [0.05, 0.1) is 17.8 Å². The Morgan fingerprint density at radius 2 is 2.08 bits per heavy atom. The van der Waals surface area contributed by atoms with Crippen LogP contribution in [0.15, 0.2) is 47.5 Å². The number of halogens is 1. The molecule has 0 radical (unpaired) electrons. The molecule has 1 aromatic carbocycles. The van der Waals surface area contributed by atoms with E-state index in [0.29, 0.717) is 22.1 Å². The number of fused-ring (bicyclic) bond motifs is 1. The quantitative estimate of drug-likeness (QED) is 0.793.